The first kappa shape index (κ1) is 16.2. The van der Waals surface area contributed by atoms with Crippen LogP contribution in [0.4, 0.5) is 0 Å². The number of carbonyl (C=O) groups excluding carboxylic acids is 1. The van der Waals surface area contributed by atoms with Crippen LogP contribution in [0.5, 0.6) is 0 Å². The van der Waals surface area contributed by atoms with Gasteiger partial charge in [0.25, 0.3) is 0 Å². The third kappa shape index (κ3) is 7.22. The molecule has 0 saturated carbocycles. The van der Waals surface area contributed by atoms with E-state index in [1.807, 2.05) is 24.3 Å². The van der Waals surface area contributed by atoms with Crippen LogP contribution >= 0.6 is 25.3 Å². The normalized spacial score (nSPS) is 11.9. The van der Waals surface area contributed by atoms with Gasteiger partial charge in [-0.15, -0.1) is 0 Å². The Morgan fingerprint density at radius 1 is 1.47 bits per heavy atom. The minimum atomic E-state index is -0.398. The fourth-order valence-electron chi connectivity index (χ4n) is 1.13. The molecule has 1 aromatic carbocycles. The first-order valence-corrected chi connectivity index (χ1v) is 8.76. The first-order valence-electron chi connectivity index (χ1n) is 4.18. The Hall–Kier alpha value is 1.24. The SMILES string of the molecule is O=CC(Cc1cc[c-]cc1)NP(P)P.[Y]. The number of hydrogen-bond acceptors (Lipinski definition) is 2. The zero-order valence-corrected chi connectivity index (χ0v) is 14.3. The number of carbonyl (C=O) groups is 1. The van der Waals surface area contributed by atoms with Gasteiger partial charge in [-0.25, -0.2) is 0 Å². The molecule has 0 saturated heterocycles. The molecule has 0 aliphatic carbocycles. The van der Waals surface area contributed by atoms with Gasteiger partial charge in [-0.2, -0.15) is 35.9 Å². The monoisotopic (exact) mass is 333 g/mol. The standard InChI is InChI=1S/C9H13NOP3.Y/c11-7-9(10-14(12)13)6-8-4-2-1-3-5-8;/h2-5,7,9-10H,6,12-13H2;/q-1;. The van der Waals surface area contributed by atoms with Gasteiger partial charge in [0.2, 0.25) is 0 Å². The summed E-state index contributed by atoms with van der Waals surface area (Å²) in [6, 6.07) is 10.5. The van der Waals surface area contributed by atoms with Crippen LogP contribution in [0, 0.1) is 6.07 Å². The van der Waals surface area contributed by atoms with Crippen molar-refractivity contribution in [2.45, 2.75) is 12.5 Å². The summed E-state index contributed by atoms with van der Waals surface area (Å²) in [4.78, 5) is 10.8. The van der Waals surface area contributed by atoms with Gasteiger partial charge < -0.3 is 4.79 Å². The average Bonchev–Trinajstić information content (AvgIpc) is 2.17. The van der Waals surface area contributed by atoms with Crippen molar-refractivity contribution in [2.75, 3.05) is 0 Å². The molecule has 0 amide bonds. The molecule has 1 rings (SSSR count). The number of nitrogens with one attached hydrogen (secondary N) is 1. The minimum absolute atomic E-state index is 0. The fourth-order valence-corrected chi connectivity index (χ4v) is 2.81. The molecule has 3 unspecified atom stereocenters. The summed E-state index contributed by atoms with van der Waals surface area (Å²) in [7, 11) is 4.90. The van der Waals surface area contributed by atoms with E-state index in [4.69, 9.17) is 0 Å². The molecule has 0 fully saturated rings. The van der Waals surface area contributed by atoms with Crippen molar-refractivity contribution >= 4 is 31.6 Å². The van der Waals surface area contributed by atoms with Crippen LogP contribution in [-0.2, 0) is 43.9 Å². The summed E-state index contributed by atoms with van der Waals surface area (Å²) in [6.45, 7) is 0. The molecule has 0 aromatic heterocycles. The van der Waals surface area contributed by atoms with Crippen molar-refractivity contribution < 1.29 is 37.5 Å². The summed E-state index contributed by atoms with van der Waals surface area (Å²) >= 11 is 0. The van der Waals surface area contributed by atoms with E-state index in [1.165, 1.54) is 0 Å². The van der Waals surface area contributed by atoms with Gasteiger partial charge in [-0.05, 0) is 13.9 Å². The second kappa shape index (κ2) is 9.29. The van der Waals surface area contributed by atoms with E-state index in [9.17, 15) is 4.79 Å². The Bertz CT molecular complexity index is 284. The van der Waals surface area contributed by atoms with E-state index in [0.717, 1.165) is 18.3 Å². The van der Waals surface area contributed by atoms with Gasteiger partial charge in [0.05, 0.1) is 6.04 Å². The van der Waals surface area contributed by atoms with Crippen molar-refractivity contribution in [1.82, 2.24) is 5.09 Å². The predicted molar refractivity (Wildman–Crippen MR) is 68.3 cm³/mol. The molecule has 0 bridgehead atoms. The molecule has 15 heavy (non-hydrogen) atoms. The number of hydrogen-bond donors (Lipinski definition) is 1. The van der Waals surface area contributed by atoms with Crippen LogP contribution in [0.3, 0.4) is 0 Å². The van der Waals surface area contributed by atoms with Gasteiger partial charge in [0, 0.05) is 32.7 Å². The summed E-state index contributed by atoms with van der Waals surface area (Å²) in [5, 5.41) is 3.19. The molecule has 6 heteroatoms. The molecule has 1 aromatic rings. The third-order valence-corrected chi connectivity index (χ3v) is 3.25. The molecular weight excluding hydrogens is 320 g/mol. The van der Waals surface area contributed by atoms with Gasteiger partial charge in [0.15, 0.2) is 0 Å². The van der Waals surface area contributed by atoms with E-state index in [1.54, 1.807) is 0 Å². The van der Waals surface area contributed by atoms with Crippen molar-refractivity contribution in [3.63, 3.8) is 0 Å². The Morgan fingerprint density at radius 3 is 2.53 bits per heavy atom. The van der Waals surface area contributed by atoms with E-state index in [0.29, 0.717) is 0 Å². The van der Waals surface area contributed by atoms with E-state index < -0.39 is 7.45 Å². The van der Waals surface area contributed by atoms with Gasteiger partial charge >= 0.3 is 0 Å². The van der Waals surface area contributed by atoms with Crippen molar-refractivity contribution in [2.24, 2.45) is 0 Å². The largest absolute Gasteiger partial charge is 0.302 e. The maximum atomic E-state index is 10.8. The molecule has 1 N–H and O–H groups in total. The Labute approximate surface area is 122 Å². The van der Waals surface area contributed by atoms with E-state index in [-0.39, 0.29) is 38.8 Å². The van der Waals surface area contributed by atoms with Crippen LogP contribution in [0.1, 0.15) is 5.56 Å². The minimum Gasteiger partial charge on any atom is -0.302 e. The number of aldehydes is 1. The quantitative estimate of drug-likeness (QED) is 0.508. The molecule has 2 nitrogen and oxygen atoms in total. The van der Waals surface area contributed by atoms with Crippen LogP contribution in [-0.4, -0.2) is 12.3 Å². The zero-order chi connectivity index (χ0) is 10.4. The van der Waals surface area contributed by atoms with Gasteiger partial charge in [0.1, 0.15) is 6.29 Å². The molecule has 1 radical (unpaired) electrons. The second-order valence-corrected chi connectivity index (χ2v) is 9.09. The van der Waals surface area contributed by atoms with Crippen molar-refractivity contribution in [3.8, 4) is 0 Å². The smallest absolute Gasteiger partial charge is 0.137 e. The Morgan fingerprint density at radius 2 is 2.07 bits per heavy atom. The molecule has 0 heterocycles. The first-order chi connectivity index (χ1) is 6.72. The van der Waals surface area contributed by atoms with E-state index >= 15 is 0 Å². The van der Waals surface area contributed by atoms with E-state index in [2.05, 4.69) is 29.0 Å². The second-order valence-electron chi connectivity index (χ2n) is 2.89. The summed E-state index contributed by atoms with van der Waals surface area (Å²) < 4.78 is 0. The van der Waals surface area contributed by atoms with Crippen LogP contribution in [0.25, 0.3) is 0 Å². The summed E-state index contributed by atoms with van der Waals surface area (Å²) in [5.74, 6) is 0. The summed E-state index contributed by atoms with van der Waals surface area (Å²) in [5.41, 5.74) is 1.15. The third-order valence-electron chi connectivity index (χ3n) is 1.72. The number of benzene rings is 1. The molecule has 3 atom stereocenters. The van der Waals surface area contributed by atoms with Crippen molar-refractivity contribution in [1.29, 1.82) is 0 Å². The average molecular weight is 333 g/mol. The molecule has 0 spiro atoms. The fraction of sp³-hybridized carbons (Fsp3) is 0.222. The Kier molecular flexibility index (Phi) is 10.1. The van der Waals surface area contributed by atoms with Crippen molar-refractivity contribution in [3.05, 3.63) is 35.9 Å². The zero-order valence-electron chi connectivity index (χ0n) is 8.26. The van der Waals surface area contributed by atoms with Crippen LogP contribution in [0.2, 0.25) is 0 Å². The van der Waals surface area contributed by atoms with Gasteiger partial charge in [-0.1, -0.05) is 17.9 Å². The maximum Gasteiger partial charge on any atom is 0.137 e. The molecule has 0 aliphatic heterocycles. The summed E-state index contributed by atoms with van der Waals surface area (Å²) in [6.07, 6.45) is 1.69. The number of rotatable bonds is 5. The Balaban J connectivity index is 0.00000196. The topological polar surface area (TPSA) is 29.1 Å². The molecule has 79 valence electrons. The van der Waals surface area contributed by atoms with Crippen LogP contribution in [0.15, 0.2) is 24.3 Å². The molecule has 0 aliphatic rings. The van der Waals surface area contributed by atoms with Gasteiger partial charge in [-0.3, -0.25) is 5.09 Å². The molecular formula is C9H13NOP3Y-. The van der Waals surface area contributed by atoms with Crippen LogP contribution < -0.4 is 5.09 Å². The predicted octanol–water partition coefficient (Wildman–Crippen LogP) is 2.16. The maximum absolute atomic E-state index is 10.8.